The van der Waals surface area contributed by atoms with Crippen molar-refractivity contribution in [2.75, 3.05) is 20.3 Å². The van der Waals surface area contributed by atoms with E-state index in [1.807, 2.05) is 0 Å². The van der Waals surface area contributed by atoms with Crippen molar-refractivity contribution in [1.29, 1.82) is 0 Å². The van der Waals surface area contributed by atoms with Crippen molar-refractivity contribution in [2.45, 2.75) is 31.6 Å². The molecule has 1 radical (unpaired) electrons. The minimum atomic E-state index is -0.125. The third-order valence-corrected chi connectivity index (χ3v) is 2.71. The highest BCUT2D eigenvalue weighted by Crippen LogP contribution is 2.25. The molecule has 0 amide bonds. The van der Waals surface area contributed by atoms with Crippen LogP contribution in [0.4, 0.5) is 0 Å². The van der Waals surface area contributed by atoms with Crippen LogP contribution in [0.3, 0.4) is 0 Å². The second kappa shape index (κ2) is 5.66. The summed E-state index contributed by atoms with van der Waals surface area (Å²) in [4.78, 5) is 0. The lowest BCUT2D eigenvalue weighted by Gasteiger charge is -2.38. The summed E-state index contributed by atoms with van der Waals surface area (Å²) < 4.78 is 10.7. The van der Waals surface area contributed by atoms with Crippen molar-refractivity contribution in [2.24, 2.45) is 11.7 Å². The van der Waals surface area contributed by atoms with Crippen LogP contribution in [0.2, 0.25) is 0 Å². The molecular weight excluding hydrogens is 182 g/mol. The van der Waals surface area contributed by atoms with Crippen LogP contribution in [-0.4, -0.2) is 43.7 Å². The molecule has 0 aromatic carbocycles. The van der Waals surface area contributed by atoms with Gasteiger partial charge in [-0.1, -0.05) is 13.3 Å². The highest BCUT2D eigenvalue weighted by molar-refractivity contribution is 4.99. The van der Waals surface area contributed by atoms with E-state index in [1.165, 1.54) is 0 Å². The molecule has 4 atom stereocenters. The molecule has 1 fully saturated rings. The van der Waals surface area contributed by atoms with E-state index in [9.17, 15) is 0 Å². The summed E-state index contributed by atoms with van der Waals surface area (Å²) in [5.41, 5.74) is 5.91. The van der Waals surface area contributed by atoms with Gasteiger partial charge in [-0.05, 0) is 12.3 Å². The van der Waals surface area contributed by atoms with Gasteiger partial charge in [0.05, 0.1) is 25.4 Å². The number of aliphatic hydroxyl groups excluding tert-OH is 1. The highest BCUT2D eigenvalue weighted by atomic mass is 16.5. The number of rotatable bonds is 4. The van der Waals surface area contributed by atoms with Crippen LogP contribution in [0.5, 0.6) is 0 Å². The molecule has 1 heterocycles. The maximum atomic E-state index is 9.14. The van der Waals surface area contributed by atoms with Gasteiger partial charge in [0.15, 0.2) is 0 Å². The number of hydrogen-bond donors (Lipinski definition) is 2. The molecule has 1 aliphatic heterocycles. The fourth-order valence-electron chi connectivity index (χ4n) is 1.84. The molecule has 0 bridgehead atoms. The first kappa shape index (κ1) is 11.9. The monoisotopic (exact) mass is 202 g/mol. The molecule has 83 valence electrons. The van der Waals surface area contributed by atoms with Gasteiger partial charge in [-0.2, -0.15) is 0 Å². The molecule has 0 spiro atoms. The Labute approximate surface area is 85.4 Å². The summed E-state index contributed by atoms with van der Waals surface area (Å²) in [5.74, 6) is 0.253. The van der Waals surface area contributed by atoms with Gasteiger partial charge in [-0.25, -0.2) is 0 Å². The SMILES string of the molecule is CCC1[CH]C(N)C(COC)OC1CO. The Morgan fingerprint density at radius 2 is 2.21 bits per heavy atom. The average Bonchev–Trinajstić information content (AvgIpc) is 2.20. The Bertz CT molecular complexity index is 165. The zero-order chi connectivity index (χ0) is 10.6. The maximum absolute atomic E-state index is 9.14. The summed E-state index contributed by atoms with van der Waals surface area (Å²) in [6, 6.07) is -0.0947. The van der Waals surface area contributed by atoms with Crippen molar-refractivity contribution in [3.63, 3.8) is 0 Å². The van der Waals surface area contributed by atoms with Crippen LogP contribution >= 0.6 is 0 Å². The normalized spacial score (nSPS) is 38.6. The number of aliphatic hydroxyl groups is 1. The van der Waals surface area contributed by atoms with Gasteiger partial charge in [-0.3, -0.25) is 0 Å². The second-order valence-electron chi connectivity index (χ2n) is 3.69. The topological polar surface area (TPSA) is 64.7 Å². The Kier molecular flexibility index (Phi) is 4.81. The average molecular weight is 202 g/mol. The van der Waals surface area contributed by atoms with E-state index in [4.69, 9.17) is 20.3 Å². The van der Waals surface area contributed by atoms with Crippen molar-refractivity contribution in [3.8, 4) is 0 Å². The van der Waals surface area contributed by atoms with Crippen LogP contribution in [0.25, 0.3) is 0 Å². The van der Waals surface area contributed by atoms with E-state index < -0.39 is 0 Å². The van der Waals surface area contributed by atoms with Crippen LogP contribution < -0.4 is 5.73 Å². The number of hydrogen-bond acceptors (Lipinski definition) is 4. The van der Waals surface area contributed by atoms with Gasteiger partial charge < -0.3 is 20.3 Å². The van der Waals surface area contributed by atoms with E-state index in [0.29, 0.717) is 6.61 Å². The lowest BCUT2D eigenvalue weighted by atomic mass is 9.87. The molecular formula is C10H20NO3. The fourth-order valence-corrected chi connectivity index (χ4v) is 1.84. The van der Waals surface area contributed by atoms with Crippen LogP contribution in [0, 0.1) is 12.3 Å². The van der Waals surface area contributed by atoms with Gasteiger partial charge in [-0.15, -0.1) is 0 Å². The quantitative estimate of drug-likeness (QED) is 0.671. The first-order valence-electron chi connectivity index (χ1n) is 5.08. The predicted molar refractivity (Wildman–Crippen MR) is 53.7 cm³/mol. The Morgan fingerprint density at radius 3 is 2.71 bits per heavy atom. The minimum absolute atomic E-state index is 0.0436. The molecule has 4 unspecified atom stereocenters. The van der Waals surface area contributed by atoms with Gasteiger partial charge >= 0.3 is 0 Å². The van der Waals surface area contributed by atoms with Crippen LogP contribution in [0.15, 0.2) is 0 Å². The van der Waals surface area contributed by atoms with Crippen molar-refractivity contribution in [1.82, 2.24) is 0 Å². The van der Waals surface area contributed by atoms with Gasteiger partial charge in [0, 0.05) is 13.2 Å². The number of ether oxygens (including phenoxy) is 2. The smallest absolute Gasteiger partial charge is 0.0966 e. The first-order valence-corrected chi connectivity index (χ1v) is 5.08. The molecule has 4 nitrogen and oxygen atoms in total. The summed E-state index contributed by atoms with van der Waals surface area (Å²) in [6.45, 7) is 2.59. The molecule has 1 rings (SSSR count). The molecule has 1 aliphatic rings. The molecule has 1 saturated heterocycles. The first-order chi connectivity index (χ1) is 6.72. The van der Waals surface area contributed by atoms with Crippen LogP contribution in [0.1, 0.15) is 13.3 Å². The maximum Gasteiger partial charge on any atom is 0.0966 e. The molecule has 14 heavy (non-hydrogen) atoms. The molecule has 0 aliphatic carbocycles. The predicted octanol–water partition coefficient (Wildman–Crippen LogP) is -0.0497. The zero-order valence-corrected chi connectivity index (χ0v) is 8.85. The van der Waals surface area contributed by atoms with Crippen molar-refractivity contribution in [3.05, 3.63) is 6.42 Å². The Balaban J connectivity index is 2.52. The van der Waals surface area contributed by atoms with Crippen LogP contribution in [-0.2, 0) is 9.47 Å². The van der Waals surface area contributed by atoms with E-state index >= 15 is 0 Å². The van der Waals surface area contributed by atoms with Crippen molar-refractivity contribution >= 4 is 0 Å². The van der Waals surface area contributed by atoms with Crippen molar-refractivity contribution < 1.29 is 14.6 Å². The Morgan fingerprint density at radius 1 is 1.50 bits per heavy atom. The third-order valence-electron chi connectivity index (χ3n) is 2.71. The lowest BCUT2D eigenvalue weighted by Crippen LogP contribution is -2.51. The fraction of sp³-hybridized carbons (Fsp3) is 0.900. The van der Waals surface area contributed by atoms with Gasteiger partial charge in [0.25, 0.3) is 0 Å². The molecule has 0 aromatic rings. The zero-order valence-electron chi connectivity index (χ0n) is 8.85. The number of nitrogens with two attached hydrogens (primary N) is 1. The van der Waals surface area contributed by atoms with E-state index in [-0.39, 0.29) is 30.8 Å². The van der Waals surface area contributed by atoms with Gasteiger partial charge in [0.2, 0.25) is 0 Å². The summed E-state index contributed by atoms with van der Waals surface area (Å²) in [5, 5.41) is 9.14. The van der Waals surface area contributed by atoms with E-state index in [1.54, 1.807) is 7.11 Å². The summed E-state index contributed by atoms with van der Waals surface area (Å²) in [7, 11) is 1.62. The van der Waals surface area contributed by atoms with E-state index in [2.05, 4.69) is 13.3 Å². The second-order valence-corrected chi connectivity index (χ2v) is 3.69. The molecule has 4 heteroatoms. The number of methoxy groups -OCH3 is 1. The molecule has 0 saturated carbocycles. The standard InChI is InChI=1S/C10H20NO3/c1-3-7-4-8(11)10(6-13-2)14-9(7)5-12/h4,7-10,12H,3,5-6,11H2,1-2H3. The molecule has 0 aromatic heterocycles. The largest absolute Gasteiger partial charge is 0.394 e. The third kappa shape index (κ3) is 2.67. The Hall–Kier alpha value is -0.160. The highest BCUT2D eigenvalue weighted by Gasteiger charge is 2.34. The summed E-state index contributed by atoms with van der Waals surface area (Å²) in [6.07, 6.45) is 2.76. The lowest BCUT2D eigenvalue weighted by molar-refractivity contribution is -0.113. The minimum Gasteiger partial charge on any atom is -0.394 e. The molecule has 3 N–H and O–H groups in total. The summed E-state index contributed by atoms with van der Waals surface area (Å²) >= 11 is 0. The van der Waals surface area contributed by atoms with Gasteiger partial charge in [0.1, 0.15) is 0 Å². The van der Waals surface area contributed by atoms with E-state index in [0.717, 1.165) is 6.42 Å².